The lowest BCUT2D eigenvalue weighted by Gasteiger charge is -2.17. The van der Waals surface area contributed by atoms with Crippen molar-refractivity contribution in [1.82, 2.24) is 0 Å². The quantitative estimate of drug-likeness (QED) is 0.890. The van der Waals surface area contributed by atoms with Crippen molar-refractivity contribution in [3.63, 3.8) is 0 Å². The summed E-state index contributed by atoms with van der Waals surface area (Å²) in [7, 11) is 0. The van der Waals surface area contributed by atoms with Crippen LogP contribution in [0.1, 0.15) is 25.5 Å². The van der Waals surface area contributed by atoms with Crippen molar-refractivity contribution in [2.75, 3.05) is 10.6 Å². The number of halogens is 2. The minimum Gasteiger partial charge on any atom is -0.378 e. The minimum atomic E-state index is -0.859. The zero-order chi connectivity index (χ0) is 15.4. The molecule has 0 aliphatic carbocycles. The molecule has 2 aromatic carbocycles. The fourth-order valence-electron chi connectivity index (χ4n) is 2.04. The van der Waals surface area contributed by atoms with E-state index in [1.54, 1.807) is 37.3 Å². The molecule has 2 N–H and O–H groups in total. The monoisotopic (exact) mass is 290 g/mol. The molecule has 3 nitrogen and oxygen atoms in total. The van der Waals surface area contributed by atoms with Gasteiger partial charge in [0.05, 0.1) is 6.04 Å². The molecule has 2 rings (SSSR count). The van der Waals surface area contributed by atoms with Crippen LogP contribution in [-0.2, 0) is 4.79 Å². The highest BCUT2D eigenvalue weighted by Crippen LogP contribution is 2.24. The normalized spacial score (nSPS) is 11.8. The van der Waals surface area contributed by atoms with E-state index in [1.165, 1.54) is 13.0 Å². The summed E-state index contributed by atoms with van der Waals surface area (Å²) in [5, 5.41) is 5.74. The molecule has 0 bridgehead atoms. The molecule has 0 fully saturated rings. The van der Waals surface area contributed by atoms with Gasteiger partial charge in [0.25, 0.3) is 0 Å². The average molecular weight is 290 g/mol. The maximum absolute atomic E-state index is 13.7. The zero-order valence-corrected chi connectivity index (χ0v) is 11.8. The Hall–Kier alpha value is -2.43. The standard InChI is InChI=1S/C16H16F2N2O/c1-10(14-4-3-5-15(17)16(14)18)19-12-6-8-13(9-7-12)20-11(2)21/h3-10,19H,1-2H3,(H,20,21). The molecular formula is C16H16F2N2O. The van der Waals surface area contributed by atoms with E-state index in [-0.39, 0.29) is 17.5 Å². The van der Waals surface area contributed by atoms with E-state index in [2.05, 4.69) is 10.6 Å². The molecule has 0 spiro atoms. The van der Waals surface area contributed by atoms with Gasteiger partial charge in [0.1, 0.15) is 0 Å². The van der Waals surface area contributed by atoms with Crippen molar-refractivity contribution in [2.24, 2.45) is 0 Å². The van der Waals surface area contributed by atoms with Crippen LogP contribution in [0.25, 0.3) is 0 Å². The van der Waals surface area contributed by atoms with Crippen molar-refractivity contribution in [3.05, 3.63) is 59.7 Å². The van der Waals surface area contributed by atoms with Gasteiger partial charge < -0.3 is 10.6 Å². The smallest absolute Gasteiger partial charge is 0.221 e. The third kappa shape index (κ3) is 3.78. The Balaban J connectivity index is 2.10. The van der Waals surface area contributed by atoms with Gasteiger partial charge in [-0.3, -0.25) is 4.79 Å². The molecule has 1 atom stereocenters. The number of anilines is 2. The van der Waals surface area contributed by atoms with Gasteiger partial charge in [-0.1, -0.05) is 12.1 Å². The summed E-state index contributed by atoms with van der Waals surface area (Å²) in [5.41, 5.74) is 1.69. The first kappa shape index (κ1) is 15.0. The van der Waals surface area contributed by atoms with Crippen LogP contribution in [0, 0.1) is 11.6 Å². The summed E-state index contributed by atoms with van der Waals surface area (Å²) in [5.74, 6) is -1.85. The molecule has 110 valence electrons. The minimum absolute atomic E-state index is 0.147. The average Bonchev–Trinajstić information content (AvgIpc) is 2.43. The van der Waals surface area contributed by atoms with Gasteiger partial charge in [-0.25, -0.2) is 8.78 Å². The predicted octanol–water partition coefficient (Wildman–Crippen LogP) is 4.10. The van der Waals surface area contributed by atoms with Crippen molar-refractivity contribution in [1.29, 1.82) is 0 Å². The third-order valence-corrected chi connectivity index (χ3v) is 3.04. The van der Waals surface area contributed by atoms with Gasteiger partial charge in [0.2, 0.25) is 5.91 Å². The van der Waals surface area contributed by atoms with Gasteiger partial charge in [-0.2, -0.15) is 0 Å². The maximum atomic E-state index is 13.7. The van der Waals surface area contributed by atoms with Gasteiger partial charge in [0.15, 0.2) is 11.6 Å². The Morgan fingerprint density at radius 3 is 2.29 bits per heavy atom. The van der Waals surface area contributed by atoms with Crippen LogP contribution in [0.4, 0.5) is 20.2 Å². The Morgan fingerprint density at radius 2 is 1.67 bits per heavy atom. The summed E-state index contributed by atoms with van der Waals surface area (Å²) in [4.78, 5) is 10.9. The first-order chi connectivity index (χ1) is 9.97. The largest absolute Gasteiger partial charge is 0.378 e. The molecule has 21 heavy (non-hydrogen) atoms. The number of hydrogen-bond donors (Lipinski definition) is 2. The summed E-state index contributed by atoms with van der Waals surface area (Å²) in [6, 6.07) is 10.7. The molecular weight excluding hydrogens is 274 g/mol. The molecule has 0 aliphatic rings. The summed E-state index contributed by atoms with van der Waals surface area (Å²) < 4.78 is 26.9. The second-order valence-electron chi connectivity index (χ2n) is 4.77. The first-order valence-corrected chi connectivity index (χ1v) is 6.55. The van der Waals surface area contributed by atoms with Gasteiger partial charge >= 0.3 is 0 Å². The Labute approximate surface area is 122 Å². The highest BCUT2D eigenvalue weighted by Gasteiger charge is 2.13. The van der Waals surface area contributed by atoms with Crippen molar-refractivity contribution in [2.45, 2.75) is 19.9 Å². The highest BCUT2D eigenvalue weighted by molar-refractivity contribution is 5.88. The van der Waals surface area contributed by atoms with E-state index in [9.17, 15) is 13.6 Å². The first-order valence-electron chi connectivity index (χ1n) is 6.55. The Kier molecular flexibility index (Phi) is 4.52. The van der Waals surface area contributed by atoms with E-state index >= 15 is 0 Å². The van der Waals surface area contributed by atoms with E-state index in [0.29, 0.717) is 5.69 Å². The number of carbonyl (C=O) groups is 1. The van der Waals surface area contributed by atoms with Gasteiger partial charge in [-0.05, 0) is 37.3 Å². The van der Waals surface area contributed by atoms with Gasteiger partial charge in [0, 0.05) is 23.9 Å². The van der Waals surface area contributed by atoms with Crippen LogP contribution in [0.3, 0.4) is 0 Å². The van der Waals surface area contributed by atoms with Crippen LogP contribution >= 0.6 is 0 Å². The highest BCUT2D eigenvalue weighted by atomic mass is 19.2. The summed E-state index contributed by atoms with van der Waals surface area (Å²) in [6.45, 7) is 3.18. The number of carbonyl (C=O) groups excluding carboxylic acids is 1. The second kappa shape index (κ2) is 6.35. The van der Waals surface area contributed by atoms with Crippen LogP contribution in [0.2, 0.25) is 0 Å². The maximum Gasteiger partial charge on any atom is 0.221 e. The number of hydrogen-bond acceptors (Lipinski definition) is 2. The molecule has 0 aliphatic heterocycles. The number of amides is 1. The molecule has 0 radical (unpaired) electrons. The van der Waals surface area contributed by atoms with Crippen LogP contribution in [0.5, 0.6) is 0 Å². The molecule has 0 aromatic heterocycles. The van der Waals surface area contributed by atoms with Crippen LogP contribution in [0.15, 0.2) is 42.5 Å². The zero-order valence-electron chi connectivity index (χ0n) is 11.8. The number of benzene rings is 2. The summed E-state index contributed by atoms with van der Waals surface area (Å²) >= 11 is 0. The fraction of sp³-hybridized carbons (Fsp3) is 0.188. The molecule has 0 saturated heterocycles. The van der Waals surface area contributed by atoms with Crippen LogP contribution < -0.4 is 10.6 Å². The van der Waals surface area contributed by atoms with Gasteiger partial charge in [-0.15, -0.1) is 0 Å². The summed E-state index contributed by atoms with van der Waals surface area (Å²) in [6.07, 6.45) is 0. The van der Waals surface area contributed by atoms with E-state index < -0.39 is 11.6 Å². The third-order valence-electron chi connectivity index (χ3n) is 3.04. The van der Waals surface area contributed by atoms with E-state index in [0.717, 1.165) is 11.8 Å². The Morgan fingerprint density at radius 1 is 1.05 bits per heavy atom. The lowest BCUT2D eigenvalue weighted by atomic mass is 10.1. The lowest BCUT2D eigenvalue weighted by Crippen LogP contribution is -2.10. The number of nitrogens with one attached hydrogen (secondary N) is 2. The fourth-order valence-corrected chi connectivity index (χ4v) is 2.04. The van der Waals surface area contributed by atoms with Crippen molar-refractivity contribution < 1.29 is 13.6 Å². The molecule has 1 amide bonds. The second-order valence-corrected chi connectivity index (χ2v) is 4.77. The van der Waals surface area contributed by atoms with Crippen molar-refractivity contribution >= 4 is 17.3 Å². The Bertz CT molecular complexity index is 641. The molecule has 0 saturated carbocycles. The topological polar surface area (TPSA) is 41.1 Å². The molecule has 2 aromatic rings. The number of rotatable bonds is 4. The van der Waals surface area contributed by atoms with E-state index in [4.69, 9.17) is 0 Å². The molecule has 0 heterocycles. The van der Waals surface area contributed by atoms with Crippen molar-refractivity contribution in [3.8, 4) is 0 Å². The predicted molar refractivity (Wildman–Crippen MR) is 79.1 cm³/mol. The van der Waals surface area contributed by atoms with E-state index in [1.807, 2.05) is 0 Å². The molecule has 5 heteroatoms. The SMILES string of the molecule is CC(=O)Nc1ccc(NC(C)c2cccc(F)c2F)cc1. The lowest BCUT2D eigenvalue weighted by molar-refractivity contribution is -0.114. The molecule has 1 unspecified atom stereocenters. The van der Waals surface area contributed by atoms with Crippen LogP contribution in [-0.4, -0.2) is 5.91 Å².